The van der Waals surface area contributed by atoms with Gasteiger partial charge in [-0.25, -0.2) is 4.98 Å². The summed E-state index contributed by atoms with van der Waals surface area (Å²) in [6, 6.07) is 0. The molecule has 0 aliphatic carbocycles. The Morgan fingerprint density at radius 3 is 2.48 bits per heavy atom. The maximum atomic E-state index is 12.5. The smallest absolute Gasteiger partial charge is 0.268 e. The largest absolute Gasteiger partial charge is 0.382 e. The highest BCUT2D eigenvalue weighted by Gasteiger charge is 2.23. The van der Waals surface area contributed by atoms with E-state index in [1.165, 1.54) is 16.2 Å². The van der Waals surface area contributed by atoms with Gasteiger partial charge in [0.1, 0.15) is 10.7 Å². The van der Waals surface area contributed by atoms with Crippen molar-refractivity contribution in [3.8, 4) is 0 Å². The lowest BCUT2D eigenvalue weighted by Gasteiger charge is -2.19. The van der Waals surface area contributed by atoms with Crippen LogP contribution in [-0.4, -0.2) is 54.9 Å². The van der Waals surface area contributed by atoms with Crippen LogP contribution in [0.4, 0.5) is 10.9 Å². The summed E-state index contributed by atoms with van der Waals surface area (Å²) in [4.78, 5) is 32.1. The summed E-state index contributed by atoms with van der Waals surface area (Å²) in [5, 5.41) is 3.38. The fraction of sp³-hybridized carbons (Fsp3) is 0.615. The molecule has 0 fully saturated rings. The Morgan fingerprint density at radius 2 is 1.95 bits per heavy atom. The molecule has 2 amide bonds. The minimum Gasteiger partial charge on any atom is -0.382 e. The molecule has 8 heteroatoms. The number of nitrogens with two attached hydrogens (primary N) is 1. The average molecular weight is 313 g/mol. The molecule has 0 atom stereocenters. The molecule has 0 bridgehead atoms. The first-order valence-corrected chi connectivity index (χ1v) is 7.79. The Kier molecular flexibility index (Phi) is 6.41. The maximum absolute atomic E-state index is 12.5. The van der Waals surface area contributed by atoms with E-state index in [-0.39, 0.29) is 24.2 Å². The van der Waals surface area contributed by atoms with Crippen molar-refractivity contribution in [2.45, 2.75) is 20.8 Å². The van der Waals surface area contributed by atoms with E-state index in [9.17, 15) is 9.59 Å². The average Bonchev–Trinajstić information content (AvgIpc) is 2.85. The first kappa shape index (κ1) is 17.2. The predicted molar refractivity (Wildman–Crippen MR) is 85.7 cm³/mol. The Morgan fingerprint density at radius 1 is 1.29 bits per heavy atom. The lowest BCUT2D eigenvalue weighted by molar-refractivity contribution is -0.121. The van der Waals surface area contributed by atoms with E-state index in [2.05, 4.69) is 10.3 Å². The SMILES string of the molecule is CCNC(=O)CN(CC)C(=O)c1sc(N(C)CC)nc1N. The van der Waals surface area contributed by atoms with Gasteiger partial charge in [0.05, 0.1) is 6.54 Å². The zero-order valence-electron chi connectivity index (χ0n) is 13.0. The van der Waals surface area contributed by atoms with E-state index in [0.717, 1.165) is 6.54 Å². The van der Waals surface area contributed by atoms with E-state index in [1.54, 1.807) is 0 Å². The number of hydrogen-bond donors (Lipinski definition) is 2. The van der Waals surface area contributed by atoms with Gasteiger partial charge in [0.15, 0.2) is 5.13 Å². The highest BCUT2D eigenvalue weighted by Crippen LogP contribution is 2.28. The molecule has 21 heavy (non-hydrogen) atoms. The van der Waals surface area contributed by atoms with Gasteiger partial charge in [0.25, 0.3) is 5.91 Å². The van der Waals surface area contributed by atoms with E-state index < -0.39 is 0 Å². The van der Waals surface area contributed by atoms with Gasteiger partial charge in [-0.05, 0) is 20.8 Å². The third-order valence-electron chi connectivity index (χ3n) is 3.01. The third-order valence-corrected chi connectivity index (χ3v) is 4.19. The number of aromatic nitrogens is 1. The topological polar surface area (TPSA) is 91.6 Å². The van der Waals surface area contributed by atoms with E-state index in [1.807, 2.05) is 32.7 Å². The summed E-state index contributed by atoms with van der Waals surface area (Å²) in [6.07, 6.45) is 0. The van der Waals surface area contributed by atoms with Crippen LogP contribution >= 0.6 is 11.3 Å². The number of anilines is 2. The molecule has 1 heterocycles. The monoisotopic (exact) mass is 313 g/mol. The third kappa shape index (κ3) is 4.32. The van der Waals surface area contributed by atoms with Crippen LogP contribution in [0.2, 0.25) is 0 Å². The molecule has 0 saturated carbocycles. The maximum Gasteiger partial charge on any atom is 0.268 e. The van der Waals surface area contributed by atoms with Crippen LogP contribution in [0.15, 0.2) is 0 Å². The lowest BCUT2D eigenvalue weighted by atomic mass is 10.3. The first-order chi connectivity index (χ1) is 9.94. The second-order valence-corrected chi connectivity index (χ2v) is 5.48. The molecular formula is C13H23N5O2S. The van der Waals surface area contributed by atoms with Crippen molar-refractivity contribution < 1.29 is 9.59 Å². The molecule has 1 rings (SSSR count). The summed E-state index contributed by atoms with van der Waals surface area (Å²) in [5.74, 6) is -0.217. The fourth-order valence-corrected chi connectivity index (χ4v) is 2.65. The number of thiazole rings is 1. The van der Waals surface area contributed by atoms with Crippen molar-refractivity contribution in [1.29, 1.82) is 0 Å². The molecule has 0 aliphatic heterocycles. The zero-order valence-corrected chi connectivity index (χ0v) is 13.8. The standard InChI is InChI=1S/C13H23N5O2S/c1-5-15-9(19)8-18(7-3)12(20)10-11(14)16-13(21-10)17(4)6-2/h5-8,14H2,1-4H3,(H,15,19). The van der Waals surface area contributed by atoms with Gasteiger partial charge < -0.3 is 20.9 Å². The van der Waals surface area contributed by atoms with Crippen molar-refractivity contribution in [1.82, 2.24) is 15.2 Å². The number of nitrogens with one attached hydrogen (secondary N) is 1. The fourth-order valence-electron chi connectivity index (χ4n) is 1.67. The van der Waals surface area contributed by atoms with Crippen LogP contribution in [0.1, 0.15) is 30.4 Å². The van der Waals surface area contributed by atoms with Crippen LogP contribution in [0.3, 0.4) is 0 Å². The molecule has 1 aromatic rings. The summed E-state index contributed by atoms with van der Waals surface area (Å²) in [5.41, 5.74) is 5.84. The molecular weight excluding hydrogens is 290 g/mol. The molecule has 0 saturated heterocycles. The second-order valence-electron chi connectivity index (χ2n) is 4.50. The number of rotatable bonds is 7. The van der Waals surface area contributed by atoms with Gasteiger partial charge in [0, 0.05) is 26.7 Å². The van der Waals surface area contributed by atoms with E-state index in [0.29, 0.717) is 23.1 Å². The number of carbonyl (C=O) groups excluding carboxylic acids is 2. The predicted octanol–water partition coefficient (Wildman–Crippen LogP) is 0.780. The summed E-state index contributed by atoms with van der Waals surface area (Å²) in [6.45, 7) is 7.44. The van der Waals surface area contributed by atoms with Crippen LogP contribution in [0, 0.1) is 0 Å². The van der Waals surface area contributed by atoms with Crippen molar-refractivity contribution in [2.24, 2.45) is 0 Å². The van der Waals surface area contributed by atoms with Gasteiger partial charge in [-0.2, -0.15) is 0 Å². The Balaban J connectivity index is 2.90. The highest BCUT2D eigenvalue weighted by atomic mass is 32.1. The normalized spacial score (nSPS) is 10.3. The number of nitrogens with zero attached hydrogens (tertiary/aromatic N) is 3. The minimum absolute atomic E-state index is 0.0272. The number of amides is 2. The van der Waals surface area contributed by atoms with Crippen molar-refractivity contribution in [3.63, 3.8) is 0 Å². The summed E-state index contributed by atoms with van der Waals surface area (Å²) in [7, 11) is 1.89. The molecule has 7 nitrogen and oxygen atoms in total. The Bertz CT molecular complexity index is 503. The van der Waals surface area contributed by atoms with Gasteiger partial charge in [-0.15, -0.1) is 0 Å². The van der Waals surface area contributed by atoms with Crippen molar-refractivity contribution >= 4 is 34.1 Å². The van der Waals surface area contributed by atoms with Crippen LogP contribution in [0.5, 0.6) is 0 Å². The van der Waals surface area contributed by atoms with Gasteiger partial charge in [-0.3, -0.25) is 9.59 Å². The first-order valence-electron chi connectivity index (χ1n) is 6.97. The van der Waals surface area contributed by atoms with Crippen LogP contribution in [-0.2, 0) is 4.79 Å². The van der Waals surface area contributed by atoms with Gasteiger partial charge in [-0.1, -0.05) is 11.3 Å². The molecule has 0 unspecified atom stereocenters. The highest BCUT2D eigenvalue weighted by molar-refractivity contribution is 7.18. The van der Waals surface area contributed by atoms with Crippen LogP contribution < -0.4 is 16.0 Å². The second kappa shape index (κ2) is 7.82. The van der Waals surface area contributed by atoms with Crippen molar-refractivity contribution in [3.05, 3.63) is 4.88 Å². The number of likely N-dealkylation sites (N-methyl/N-ethyl adjacent to an activating group) is 2. The molecule has 0 aliphatic rings. The zero-order chi connectivity index (χ0) is 16.0. The lowest BCUT2D eigenvalue weighted by Crippen LogP contribution is -2.40. The quantitative estimate of drug-likeness (QED) is 0.776. The van der Waals surface area contributed by atoms with E-state index in [4.69, 9.17) is 5.73 Å². The Labute approximate surface area is 129 Å². The molecule has 1 aromatic heterocycles. The minimum atomic E-state index is -0.255. The van der Waals surface area contributed by atoms with Gasteiger partial charge in [0.2, 0.25) is 5.91 Å². The Hall–Kier alpha value is -1.83. The molecule has 0 aromatic carbocycles. The molecule has 3 N–H and O–H groups in total. The van der Waals surface area contributed by atoms with E-state index >= 15 is 0 Å². The van der Waals surface area contributed by atoms with Gasteiger partial charge >= 0.3 is 0 Å². The molecule has 0 spiro atoms. The summed E-state index contributed by atoms with van der Waals surface area (Å²) >= 11 is 1.25. The number of carbonyl (C=O) groups is 2. The molecule has 118 valence electrons. The molecule has 0 radical (unpaired) electrons. The van der Waals surface area contributed by atoms with Crippen molar-refractivity contribution in [2.75, 3.05) is 43.9 Å². The summed E-state index contributed by atoms with van der Waals surface area (Å²) < 4.78 is 0. The van der Waals surface area contributed by atoms with Crippen LogP contribution in [0.25, 0.3) is 0 Å². The number of hydrogen-bond acceptors (Lipinski definition) is 6. The number of nitrogen functional groups attached to an aromatic ring is 1.